The Bertz CT molecular complexity index is 1420. The number of halogens is 5. The minimum Gasteiger partial charge on any atom is -0.542 e. The van der Waals surface area contributed by atoms with Crippen LogP contribution in [0.2, 0.25) is 0 Å². The van der Waals surface area contributed by atoms with Crippen molar-refractivity contribution in [3.05, 3.63) is 0 Å². The second-order valence-electron chi connectivity index (χ2n) is 14.7. The topological polar surface area (TPSA) is 257 Å². The lowest BCUT2D eigenvalue weighted by molar-refractivity contribution is -0.344. The third kappa shape index (κ3) is 24.7. The fourth-order valence-corrected chi connectivity index (χ4v) is 6.46. The Kier molecular flexibility index (Phi) is 27.5. The predicted octanol–water partition coefficient (Wildman–Crippen LogP) is 3.39. The van der Waals surface area contributed by atoms with Gasteiger partial charge in [-0.25, -0.2) is 4.79 Å². The van der Waals surface area contributed by atoms with E-state index < -0.39 is 61.5 Å². The van der Waals surface area contributed by atoms with Crippen LogP contribution in [0.1, 0.15) is 86.5 Å². The van der Waals surface area contributed by atoms with E-state index in [-0.39, 0.29) is 77.0 Å². The smallest absolute Gasteiger partial charge is 0.430 e. The quantitative estimate of drug-likeness (QED) is 0.0595. The van der Waals surface area contributed by atoms with Gasteiger partial charge in [0.2, 0.25) is 0 Å². The molecule has 0 spiro atoms. The number of carbonyl (C=O) groups is 8. The highest BCUT2D eigenvalue weighted by atomic mass is 79.9. The van der Waals surface area contributed by atoms with Crippen LogP contribution in [-0.2, 0) is 62.0 Å². The summed E-state index contributed by atoms with van der Waals surface area (Å²) in [4.78, 5) is 96.5. The second-order valence-corrected chi connectivity index (χ2v) is 18.2. The van der Waals surface area contributed by atoms with Gasteiger partial charge in [-0.2, -0.15) is 18.2 Å². The molecule has 2 atom stereocenters. The minimum absolute atomic E-state index is 0.0128. The first-order chi connectivity index (χ1) is 27.5. The Morgan fingerprint density at radius 3 is 1.43 bits per heavy atom. The number of carboxylic acid groups (broad SMARTS) is 1. The first-order valence-electron chi connectivity index (χ1n) is 18.5. The number of carbonyl (C=O) groups excluding carboxylic acids is 8. The summed E-state index contributed by atoms with van der Waals surface area (Å²) in [6.45, 7) is 12.0. The molecule has 0 aliphatic carbocycles. The minimum atomic E-state index is -5.19. The Morgan fingerprint density at radius 2 is 1.08 bits per heavy atom. The number of alkyl halides is 5. The van der Waals surface area contributed by atoms with Gasteiger partial charge in [-0.15, -0.1) is 0 Å². The number of methoxy groups -OCH3 is 2. The highest BCUT2D eigenvalue weighted by molar-refractivity contribution is 9.10. The van der Waals surface area contributed by atoms with E-state index >= 15 is 0 Å². The van der Waals surface area contributed by atoms with E-state index in [2.05, 4.69) is 36.9 Å². The van der Waals surface area contributed by atoms with Crippen LogP contribution in [0.5, 0.6) is 0 Å². The average Bonchev–Trinajstić information content (AvgIpc) is 3.45. The zero-order valence-electron chi connectivity index (χ0n) is 35.2. The van der Waals surface area contributed by atoms with E-state index in [0.717, 1.165) is 11.1 Å². The number of esters is 4. The highest BCUT2D eigenvalue weighted by Crippen LogP contribution is 2.37. The molecule has 60 heavy (non-hydrogen) atoms. The van der Waals surface area contributed by atoms with E-state index in [1.807, 2.05) is 0 Å². The van der Waals surface area contributed by atoms with Crippen LogP contribution >= 0.6 is 31.9 Å². The summed E-state index contributed by atoms with van der Waals surface area (Å²) < 4.78 is 59.9. The highest BCUT2D eigenvalue weighted by Gasteiger charge is 2.43. The summed E-state index contributed by atoms with van der Waals surface area (Å²) in [6.07, 6.45) is -1.90. The van der Waals surface area contributed by atoms with E-state index in [9.17, 15) is 46.7 Å². The van der Waals surface area contributed by atoms with Crippen molar-refractivity contribution in [1.82, 2.24) is 4.90 Å². The van der Waals surface area contributed by atoms with Crippen LogP contribution < -0.4 is 10.8 Å². The lowest BCUT2D eigenvalue weighted by atomic mass is 9.83. The van der Waals surface area contributed by atoms with Gasteiger partial charge in [0.25, 0.3) is 5.91 Å². The number of aliphatic imine (C=N–C) groups is 1. The number of hydrogen-bond donors (Lipinski definition) is 1. The van der Waals surface area contributed by atoms with E-state index in [1.165, 1.54) is 14.2 Å². The molecule has 3 amide bonds. The molecule has 2 unspecified atom stereocenters. The first-order valence-corrected chi connectivity index (χ1v) is 20.0. The van der Waals surface area contributed by atoms with Crippen LogP contribution in [0.15, 0.2) is 4.99 Å². The van der Waals surface area contributed by atoms with Crippen LogP contribution in [0.3, 0.4) is 0 Å². The molecule has 0 radical (unpaired) electrons. The predicted molar refractivity (Wildman–Crippen MR) is 213 cm³/mol. The van der Waals surface area contributed by atoms with Crippen molar-refractivity contribution in [1.29, 1.82) is 0 Å². The molecule has 0 aromatic carbocycles. The molecule has 1 heterocycles. The van der Waals surface area contributed by atoms with E-state index in [4.69, 9.17) is 44.1 Å². The summed E-state index contributed by atoms with van der Waals surface area (Å²) in [6, 6.07) is -0.653. The molecule has 0 saturated carbocycles. The van der Waals surface area contributed by atoms with Gasteiger partial charge in [-0.05, 0) is 80.2 Å². The molecule has 2 N–H and O–H groups in total. The molecule has 23 heteroatoms. The number of rotatable bonds is 25. The zero-order chi connectivity index (χ0) is 47.0. The van der Waals surface area contributed by atoms with E-state index in [0.29, 0.717) is 32.4 Å². The van der Waals surface area contributed by atoms with Crippen LogP contribution in [-0.4, -0.2) is 140 Å². The van der Waals surface area contributed by atoms with Crippen molar-refractivity contribution >= 4 is 85.6 Å². The molecular formula is C37H57Br2F3N3O15-. The lowest BCUT2D eigenvalue weighted by Crippen LogP contribution is -2.40. The molecule has 346 valence electrons. The number of urea groups is 1. The van der Waals surface area contributed by atoms with Gasteiger partial charge >= 0.3 is 36.1 Å². The van der Waals surface area contributed by atoms with Crippen molar-refractivity contribution in [2.24, 2.45) is 21.6 Å². The number of nitrogens with two attached hydrogens (primary N) is 1. The number of hydrogen-bond acceptors (Lipinski definition) is 16. The number of nitrogens with zero attached hydrogens (tertiary/aromatic N) is 2. The monoisotopic (exact) mass is 998 g/mol. The summed E-state index contributed by atoms with van der Waals surface area (Å²) in [7, 11) is 3.03. The second kappa shape index (κ2) is 28.1. The number of aliphatic carboxylic acids is 1. The Balaban J connectivity index is 0. The molecule has 0 aromatic rings. The standard InChI is InChI=1S/C21H31BrN2O8.C14H26BrNO5.C2HF3O2/c1-20(2,14-21(3,22)18(28)32-12-11-30-4)17(27)31-10-6-5-7-15(25)8-9-24-16(26)13-23-19(24)29;1-13(2,11(17)20-7-5-6-16)10-14(3,15)12(18)21-9-8-19-4;3-2(4,5)1(6)7/h13H,5-12,14H2,1-4H3;5-10,16H2,1-4H3;(H,6,7)/p-1. The van der Waals surface area contributed by atoms with Gasteiger partial charge in [-0.1, -0.05) is 31.9 Å². The summed E-state index contributed by atoms with van der Waals surface area (Å²) in [5.41, 5.74) is 3.60. The molecule has 0 aromatic heterocycles. The fourth-order valence-electron chi connectivity index (χ4n) is 4.82. The molecule has 0 saturated heterocycles. The van der Waals surface area contributed by atoms with Crippen LogP contribution in [0, 0.1) is 10.8 Å². The number of ether oxygens (including phenoxy) is 6. The average molecular weight is 1000 g/mol. The maximum absolute atomic E-state index is 12.5. The molecule has 0 bridgehead atoms. The maximum Gasteiger partial charge on any atom is 0.430 e. The number of imide groups is 1. The van der Waals surface area contributed by atoms with Crippen LogP contribution in [0.25, 0.3) is 0 Å². The number of amides is 3. The van der Waals surface area contributed by atoms with Crippen molar-refractivity contribution in [2.75, 3.05) is 67.0 Å². The fraction of sp³-hybridized carbons (Fsp3) is 0.757. The number of unbranched alkanes of at least 4 members (excludes halogenated alkanes) is 1. The third-order valence-corrected chi connectivity index (χ3v) is 9.05. The Hall–Kier alpha value is -3.54. The molecule has 1 aliphatic heterocycles. The summed E-state index contributed by atoms with van der Waals surface area (Å²) in [5.74, 6) is -5.34. The summed E-state index contributed by atoms with van der Waals surface area (Å²) >= 11 is 6.69. The van der Waals surface area contributed by atoms with Crippen LogP contribution in [0.4, 0.5) is 18.0 Å². The van der Waals surface area contributed by atoms with Gasteiger partial charge in [0.1, 0.15) is 33.6 Å². The number of ketones is 1. The third-order valence-electron chi connectivity index (χ3n) is 7.84. The molecule has 0 fully saturated rings. The van der Waals surface area contributed by atoms with Crippen molar-refractivity contribution in [3.8, 4) is 0 Å². The lowest BCUT2D eigenvalue weighted by Gasteiger charge is -2.30. The van der Waals surface area contributed by atoms with Gasteiger partial charge in [0.05, 0.1) is 43.5 Å². The maximum atomic E-state index is 12.5. The van der Waals surface area contributed by atoms with E-state index in [1.54, 1.807) is 41.5 Å². The number of Topliss-reactive ketones (excluding diaryl/α,β-unsaturated/α-hetero) is 1. The van der Waals surface area contributed by atoms with Gasteiger partial charge < -0.3 is 44.1 Å². The Morgan fingerprint density at radius 1 is 0.683 bits per heavy atom. The van der Waals surface area contributed by atoms with Gasteiger partial charge in [0.15, 0.2) is 0 Å². The summed E-state index contributed by atoms with van der Waals surface area (Å²) in [5, 5.41) is 8.78. The SMILES string of the molecule is COCCOC(=O)C(C)(Br)CC(C)(C)C(=O)OCCCCC(=O)CCN1C(=O)C=NC1=O.COCCOC(=O)C(C)(Br)CC(C)(C)C(=O)OCCCN.O=C([O-])C(F)(F)F. The number of carboxylic acids is 1. The van der Waals surface area contributed by atoms with Crippen molar-refractivity contribution in [2.45, 2.75) is 101 Å². The molecule has 1 rings (SSSR count). The molecule has 18 nitrogen and oxygen atoms in total. The largest absolute Gasteiger partial charge is 0.542 e. The van der Waals surface area contributed by atoms with Gasteiger partial charge in [-0.3, -0.25) is 33.7 Å². The van der Waals surface area contributed by atoms with Crippen molar-refractivity contribution in [3.63, 3.8) is 0 Å². The van der Waals surface area contributed by atoms with Crippen molar-refractivity contribution < 1.29 is 85.1 Å². The normalized spacial score (nSPS) is 14.7. The molecular weight excluding hydrogens is 943 g/mol. The first kappa shape index (κ1) is 58.6. The Labute approximate surface area is 364 Å². The zero-order valence-corrected chi connectivity index (χ0v) is 38.3. The van der Waals surface area contributed by atoms with Gasteiger partial charge in [0, 0.05) is 33.6 Å². The molecule has 1 aliphatic rings.